The molecule has 2 rings (SSSR count). The van der Waals surface area contributed by atoms with Crippen molar-refractivity contribution in [2.75, 3.05) is 5.32 Å². The van der Waals surface area contributed by atoms with Gasteiger partial charge in [0.25, 0.3) is 0 Å². The van der Waals surface area contributed by atoms with Crippen molar-refractivity contribution in [2.45, 2.75) is 0 Å². The number of rotatable bonds is 1. The van der Waals surface area contributed by atoms with E-state index >= 15 is 0 Å². The SMILES string of the molecule is [C-]#[N+]c1cc(NC(=O)n2ccnc2)ccc1F. The first-order valence-corrected chi connectivity index (χ1v) is 4.67. The summed E-state index contributed by atoms with van der Waals surface area (Å²) in [4.78, 5) is 18.3. The third kappa shape index (κ3) is 2.29. The second kappa shape index (κ2) is 4.45. The highest BCUT2D eigenvalue weighted by Crippen LogP contribution is 2.22. The fourth-order valence-corrected chi connectivity index (χ4v) is 1.24. The summed E-state index contributed by atoms with van der Waals surface area (Å²) in [6, 6.07) is 3.37. The van der Waals surface area contributed by atoms with Crippen LogP contribution in [-0.4, -0.2) is 15.6 Å². The number of carbonyl (C=O) groups excluding carboxylic acids is 1. The third-order valence-electron chi connectivity index (χ3n) is 2.06. The number of carbonyl (C=O) groups is 1. The van der Waals surface area contributed by atoms with Crippen LogP contribution in [0.1, 0.15) is 0 Å². The van der Waals surface area contributed by atoms with Crippen molar-refractivity contribution < 1.29 is 9.18 Å². The molecule has 1 aromatic carbocycles. The molecule has 0 aliphatic carbocycles. The van der Waals surface area contributed by atoms with Gasteiger partial charge in [0.1, 0.15) is 12.1 Å². The van der Waals surface area contributed by atoms with E-state index in [0.29, 0.717) is 5.69 Å². The number of halogens is 1. The van der Waals surface area contributed by atoms with Crippen LogP contribution in [0.4, 0.5) is 20.6 Å². The normalized spacial score (nSPS) is 9.65. The minimum atomic E-state index is -0.611. The maximum atomic E-state index is 13.0. The molecule has 17 heavy (non-hydrogen) atoms. The summed E-state index contributed by atoms with van der Waals surface area (Å²) in [6.45, 7) is 6.76. The zero-order valence-electron chi connectivity index (χ0n) is 8.59. The lowest BCUT2D eigenvalue weighted by molar-refractivity contribution is 0.253. The molecule has 1 N–H and O–H groups in total. The van der Waals surface area contributed by atoms with E-state index in [1.165, 1.54) is 35.4 Å². The number of imidazole rings is 1. The van der Waals surface area contributed by atoms with Gasteiger partial charge in [-0.1, -0.05) is 0 Å². The zero-order valence-corrected chi connectivity index (χ0v) is 8.59. The van der Waals surface area contributed by atoms with Crippen molar-refractivity contribution in [3.63, 3.8) is 0 Å². The molecule has 2 aromatic rings. The molecular formula is C11H7FN4O. The summed E-state index contributed by atoms with van der Waals surface area (Å²) in [6.07, 6.45) is 4.29. The van der Waals surface area contributed by atoms with Gasteiger partial charge in [0.15, 0.2) is 0 Å². The molecule has 0 bridgehead atoms. The smallest absolute Gasteiger partial charge is 0.309 e. The average Bonchev–Trinajstić information content (AvgIpc) is 2.85. The van der Waals surface area contributed by atoms with Crippen molar-refractivity contribution in [3.05, 3.63) is 54.2 Å². The molecule has 5 nitrogen and oxygen atoms in total. The van der Waals surface area contributed by atoms with Gasteiger partial charge in [-0.25, -0.2) is 19.0 Å². The highest BCUT2D eigenvalue weighted by atomic mass is 19.1. The van der Waals surface area contributed by atoms with Crippen LogP contribution < -0.4 is 5.32 Å². The number of anilines is 1. The number of hydrogen-bond donors (Lipinski definition) is 1. The van der Waals surface area contributed by atoms with E-state index in [4.69, 9.17) is 6.57 Å². The topological polar surface area (TPSA) is 51.3 Å². The Morgan fingerprint density at radius 2 is 2.35 bits per heavy atom. The average molecular weight is 230 g/mol. The van der Waals surface area contributed by atoms with Crippen LogP contribution in [0.15, 0.2) is 36.9 Å². The molecule has 1 heterocycles. The standard InChI is InChI=1S/C11H7FN4O/c1-13-10-6-8(2-3-9(10)12)15-11(17)16-5-4-14-7-16/h2-7H,(H,15,17). The van der Waals surface area contributed by atoms with Crippen LogP contribution in [0.25, 0.3) is 4.85 Å². The summed E-state index contributed by atoms with van der Waals surface area (Å²) in [5, 5.41) is 2.52. The largest absolute Gasteiger partial charge is 0.331 e. The van der Waals surface area contributed by atoms with Crippen LogP contribution >= 0.6 is 0 Å². The third-order valence-corrected chi connectivity index (χ3v) is 2.06. The molecule has 0 saturated carbocycles. The number of nitrogens with one attached hydrogen (secondary N) is 1. The zero-order chi connectivity index (χ0) is 12.3. The van der Waals surface area contributed by atoms with Gasteiger partial charge in [-0.05, 0) is 18.2 Å². The van der Waals surface area contributed by atoms with E-state index < -0.39 is 11.8 Å². The van der Waals surface area contributed by atoms with Crippen molar-refractivity contribution in [3.8, 4) is 0 Å². The number of benzene rings is 1. The Bertz CT molecular complexity index is 586. The van der Waals surface area contributed by atoms with Crippen LogP contribution in [-0.2, 0) is 0 Å². The van der Waals surface area contributed by atoms with Crippen molar-refractivity contribution in [1.29, 1.82) is 0 Å². The van der Waals surface area contributed by atoms with Gasteiger partial charge in [-0.3, -0.25) is 4.57 Å². The van der Waals surface area contributed by atoms with Crippen LogP contribution in [0, 0.1) is 12.4 Å². The first-order valence-electron chi connectivity index (χ1n) is 4.67. The first-order chi connectivity index (χ1) is 8.20. The maximum absolute atomic E-state index is 13.0. The Morgan fingerprint density at radius 3 is 3.00 bits per heavy atom. The van der Waals surface area contributed by atoms with E-state index in [9.17, 15) is 9.18 Å². The number of hydrogen-bond acceptors (Lipinski definition) is 2. The lowest BCUT2D eigenvalue weighted by Gasteiger charge is -2.05. The van der Waals surface area contributed by atoms with E-state index in [0.717, 1.165) is 6.07 Å². The molecule has 1 aromatic heterocycles. The lowest BCUT2D eigenvalue weighted by atomic mass is 10.2. The molecule has 0 unspecified atom stereocenters. The van der Waals surface area contributed by atoms with Gasteiger partial charge in [-0.15, -0.1) is 0 Å². The summed E-state index contributed by atoms with van der Waals surface area (Å²) in [5.74, 6) is -0.611. The van der Waals surface area contributed by atoms with Crippen LogP contribution in [0.5, 0.6) is 0 Å². The Hall–Kier alpha value is -2.68. The number of amides is 1. The summed E-state index contributed by atoms with van der Waals surface area (Å²) >= 11 is 0. The van der Waals surface area contributed by atoms with Gasteiger partial charge >= 0.3 is 6.03 Å². The molecule has 0 aliphatic rings. The molecule has 0 atom stereocenters. The van der Waals surface area contributed by atoms with Crippen LogP contribution in [0.2, 0.25) is 0 Å². The minimum absolute atomic E-state index is 0.131. The second-order valence-electron chi connectivity index (χ2n) is 3.18. The minimum Gasteiger partial charge on any atom is -0.309 e. The Balaban J connectivity index is 2.20. The molecule has 84 valence electrons. The summed E-state index contributed by atoms with van der Waals surface area (Å²) in [5.41, 5.74) is 0.226. The van der Waals surface area contributed by atoms with Gasteiger partial charge in [0.2, 0.25) is 5.69 Å². The van der Waals surface area contributed by atoms with Crippen molar-refractivity contribution in [1.82, 2.24) is 9.55 Å². The number of nitrogens with zero attached hydrogens (tertiary/aromatic N) is 3. The Kier molecular flexibility index (Phi) is 2.83. The van der Waals surface area contributed by atoms with Crippen molar-refractivity contribution in [2.24, 2.45) is 0 Å². The Labute approximate surface area is 96.3 Å². The van der Waals surface area contributed by atoms with E-state index in [1.54, 1.807) is 0 Å². The van der Waals surface area contributed by atoms with E-state index in [1.807, 2.05) is 0 Å². The predicted molar refractivity (Wildman–Crippen MR) is 59.3 cm³/mol. The molecule has 0 spiro atoms. The van der Waals surface area contributed by atoms with E-state index in [2.05, 4.69) is 15.1 Å². The highest BCUT2D eigenvalue weighted by Gasteiger charge is 2.07. The lowest BCUT2D eigenvalue weighted by Crippen LogP contribution is -2.17. The molecular weight excluding hydrogens is 223 g/mol. The highest BCUT2D eigenvalue weighted by molar-refractivity contribution is 5.91. The number of aromatic nitrogens is 2. The van der Waals surface area contributed by atoms with Crippen LogP contribution in [0.3, 0.4) is 0 Å². The van der Waals surface area contributed by atoms with Gasteiger partial charge < -0.3 is 5.32 Å². The van der Waals surface area contributed by atoms with Crippen molar-refractivity contribution >= 4 is 17.4 Å². The van der Waals surface area contributed by atoms with E-state index in [-0.39, 0.29) is 5.69 Å². The molecule has 0 aliphatic heterocycles. The van der Waals surface area contributed by atoms with Gasteiger partial charge in [-0.2, -0.15) is 0 Å². The molecule has 1 amide bonds. The molecule has 0 fully saturated rings. The predicted octanol–water partition coefficient (Wildman–Crippen LogP) is 2.65. The fraction of sp³-hybridized carbons (Fsp3) is 0. The summed E-state index contributed by atoms with van der Waals surface area (Å²) in [7, 11) is 0. The molecule has 6 heteroatoms. The summed E-state index contributed by atoms with van der Waals surface area (Å²) < 4.78 is 14.3. The molecule has 0 saturated heterocycles. The second-order valence-corrected chi connectivity index (χ2v) is 3.18. The maximum Gasteiger partial charge on any atom is 0.331 e. The van der Waals surface area contributed by atoms with Gasteiger partial charge in [0.05, 0.1) is 6.57 Å². The first kappa shape index (κ1) is 10.8. The van der Waals surface area contributed by atoms with Gasteiger partial charge in [0, 0.05) is 18.1 Å². The molecule has 0 radical (unpaired) electrons. The Morgan fingerprint density at radius 1 is 1.53 bits per heavy atom. The monoisotopic (exact) mass is 230 g/mol. The quantitative estimate of drug-likeness (QED) is 0.765. The fourth-order valence-electron chi connectivity index (χ4n) is 1.24.